The summed E-state index contributed by atoms with van der Waals surface area (Å²) in [7, 11) is 0. The summed E-state index contributed by atoms with van der Waals surface area (Å²) in [6.45, 7) is 2.33. The molecule has 0 amide bonds. The molecular weight excluding hydrogens is 230 g/mol. The topological polar surface area (TPSA) is 57.8 Å². The van der Waals surface area contributed by atoms with E-state index < -0.39 is 5.97 Å². The minimum atomic E-state index is -0.889. The highest BCUT2D eigenvalue weighted by Gasteiger charge is 2.15. The number of para-hydroxylation sites is 1. The van der Waals surface area contributed by atoms with Crippen molar-refractivity contribution in [1.82, 2.24) is 9.47 Å². The molecule has 1 aromatic carbocycles. The summed E-state index contributed by atoms with van der Waals surface area (Å²) >= 11 is 0. The monoisotopic (exact) mass is 243 g/mol. The number of hydrogen-bond donors (Lipinski definition) is 1. The minimum Gasteiger partial charge on any atom is -0.478 e. The van der Waals surface area contributed by atoms with Gasteiger partial charge in [-0.2, -0.15) is 0 Å². The van der Waals surface area contributed by atoms with Crippen LogP contribution in [-0.2, 0) is 6.67 Å². The van der Waals surface area contributed by atoms with E-state index in [0.717, 1.165) is 24.0 Å². The Labute approximate surface area is 104 Å². The third-order valence-corrected chi connectivity index (χ3v) is 3.11. The van der Waals surface area contributed by atoms with Crippen molar-refractivity contribution < 1.29 is 9.90 Å². The number of aromatic carboxylic acids is 1. The van der Waals surface area contributed by atoms with E-state index in [0.29, 0.717) is 12.2 Å². The molecule has 18 heavy (non-hydrogen) atoms. The van der Waals surface area contributed by atoms with Crippen LogP contribution < -0.4 is 0 Å². The van der Waals surface area contributed by atoms with Gasteiger partial charge in [0.25, 0.3) is 0 Å². The van der Waals surface area contributed by atoms with E-state index in [-0.39, 0.29) is 0 Å². The molecule has 92 valence electrons. The van der Waals surface area contributed by atoms with Crippen LogP contribution in [-0.4, -0.2) is 40.0 Å². The maximum atomic E-state index is 11.2. The molecule has 1 aliphatic heterocycles. The van der Waals surface area contributed by atoms with Crippen LogP contribution in [0.25, 0.3) is 10.9 Å². The van der Waals surface area contributed by atoms with Gasteiger partial charge in [0.05, 0.1) is 30.6 Å². The molecule has 0 bridgehead atoms. The van der Waals surface area contributed by atoms with E-state index in [1.165, 1.54) is 0 Å². The predicted octanol–water partition coefficient (Wildman–Crippen LogP) is 1.64. The summed E-state index contributed by atoms with van der Waals surface area (Å²) < 4.78 is 1.95. The van der Waals surface area contributed by atoms with Gasteiger partial charge < -0.3 is 14.6 Å². The molecule has 3 rings (SSSR count). The molecule has 5 heteroatoms. The van der Waals surface area contributed by atoms with Gasteiger partial charge >= 0.3 is 5.97 Å². The van der Waals surface area contributed by atoms with Crippen molar-refractivity contribution in [2.45, 2.75) is 6.67 Å². The second kappa shape index (κ2) is 4.18. The number of nitrogens with zero attached hydrogens (tertiary/aromatic N) is 3. The van der Waals surface area contributed by atoms with Crippen LogP contribution in [0.15, 0.2) is 35.5 Å². The summed E-state index contributed by atoms with van der Waals surface area (Å²) in [5.74, 6) is -0.889. The van der Waals surface area contributed by atoms with Gasteiger partial charge in [-0.15, -0.1) is 0 Å². The molecule has 5 nitrogen and oxygen atoms in total. The van der Waals surface area contributed by atoms with Crippen LogP contribution in [0.1, 0.15) is 10.4 Å². The lowest BCUT2D eigenvalue weighted by atomic mass is 10.2. The van der Waals surface area contributed by atoms with Crippen LogP contribution in [0.4, 0.5) is 0 Å². The third kappa shape index (κ3) is 1.73. The number of rotatable bonds is 3. The fourth-order valence-electron chi connectivity index (χ4n) is 2.25. The minimum absolute atomic E-state index is 0.349. The first-order valence-corrected chi connectivity index (χ1v) is 5.81. The molecule has 2 aromatic rings. The highest BCUT2D eigenvalue weighted by molar-refractivity contribution is 6.03. The summed E-state index contributed by atoms with van der Waals surface area (Å²) in [6, 6.07) is 7.56. The molecule has 0 aliphatic carbocycles. The van der Waals surface area contributed by atoms with Crippen molar-refractivity contribution in [3.63, 3.8) is 0 Å². The standard InChI is InChI=1S/C13H13N3O2/c17-13(18)11-7-16(9-15-6-5-14-8-15)12-4-2-1-3-10(11)12/h1-4,7-8H,5-6,9H2,(H,17,18). The SMILES string of the molecule is O=C(O)c1cn(CN2C=NCC2)c2ccccc12. The molecule has 0 atom stereocenters. The van der Waals surface area contributed by atoms with Crippen molar-refractivity contribution >= 4 is 23.2 Å². The molecule has 1 aromatic heterocycles. The average molecular weight is 243 g/mol. The first-order chi connectivity index (χ1) is 8.75. The number of hydrogen-bond acceptors (Lipinski definition) is 3. The summed E-state index contributed by atoms with van der Waals surface area (Å²) in [4.78, 5) is 17.4. The van der Waals surface area contributed by atoms with Crippen LogP contribution in [0.3, 0.4) is 0 Å². The second-order valence-corrected chi connectivity index (χ2v) is 4.31. The number of carbonyl (C=O) groups is 1. The molecule has 1 aliphatic rings. The van der Waals surface area contributed by atoms with Crippen molar-refractivity contribution in [3.05, 3.63) is 36.0 Å². The molecule has 0 saturated carbocycles. The van der Waals surface area contributed by atoms with Crippen molar-refractivity contribution in [1.29, 1.82) is 0 Å². The zero-order chi connectivity index (χ0) is 12.5. The zero-order valence-corrected chi connectivity index (χ0v) is 9.78. The van der Waals surface area contributed by atoms with Gasteiger partial charge in [-0.25, -0.2) is 4.79 Å². The molecule has 0 saturated heterocycles. The van der Waals surface area contributed by atoms with E-state index in [4.69, 9.17) is 0 Å². The fourth-order valence-corrected chi connectivity index (χ4v) is 2.25. The van der Waals surface area contributed by atoms with Gasteiger partial charge in [-0.1, -0.05) is 18.2 Å². The number of carboxylic acid groups (broad SMARTS) is 1. The lowest BCUT2D eigenvalue weighted by Gasteiger charge is -2.15. The van der Waals surface area contributed by atoms with E-state index in [2.05, 4.69) is 9.89 Å². The van der Waals surface area contributed by atoms with Gasteiger partial charge in [0.15, 0.2) is 0 Å². The Morgan fingerprint density at radius 2 is 2.22 bits per heavy atom. The Balaban J connectivity index is 2.05. The number of aromatic nitrogens is 1. The van der Waals surface area contributed by atoms with E-state index >= 15 is 0 Å². The molecule has 1 N–H and O–H groups in total. The molecular formula is C13H13N3O2. The largest absolute Gasteiger partial charge is 0.478 e. The first-order valence-electron chi connectivity index (χ1n) is 5.81. The summed E-state index contributed by atoms with van der Waals surface area (Å²) in [5.41, 5.74) is 1.29. The molecule has 0 unspecified atom stereocenters. The highest BCUT2D eigenvalue weighted by Crippen LogP contribution is 2.21. The Morgan fingerprint density at radius 3 is 2.94 bits per heavy atom. The maximum absolute atomic E-state index is 11.2. The quantitative estimate of drug-likeness (QED) is 0.891. The van der Waals surface area contributed by atoms with Gasteiger partial charge in [0, 0.05) is 18.1 Å². The van der Waals surface area contributed by atoms with Crippen LogP contribution in [0.2, 0.25) is 0 Å². The second-order valence-electron chi connectivity index (χ2n) is 4.31. The lowest BCUT2D eigenvalue weighted by molar-refractivity contribution is 0.0698. The van der Waals surface area contributed by atoms with Crippen LogP contribution in [0, 0.1) is 0 Å². The number of carboxylic acids is 1. The first kappa shape index (κ1) is 10.8. The van der Waals surface area contributed by atoms with Crippen molar-refractivity contribution in [3.8, 4) is 0 Å². The molecule has 0 radical (unpaired) electrons. The van der Waals surface area contributed by atoms with Crippen molar-refractivity contribution in [2.24, 2.45) is 4.99 Å². The Morgan fingerprint density at radius 1 is 1.39 bits per heavy atom. The number of benzene rings is 1. The third-order valence-electron chi connectivity index (χ3n) is 3.11. The fraction of sp³-hybridized carbons (Fsp3) is 0.231. The molecule has 0 spiro atoms. The van der Waals surface area contributed by atoms with Gasteiger partial charge in [-0.3, -0.25) is 4.99 Å². The van der Waals surface area contributed by atoms with Gasteiger partial charge in [0.2, 0.25) is 0 Å². The van der Waals surface area contributed by atoms with Gasteiger partial charge in [-0.05, 0) is 6.07 Å². The predicted molar refractivity (Wildman–Crippen MR) is 69.0 cm³/mol. The van der Waals surface area contributed by atoms with E-state index in [9.17, 15) is 9.90 Å². The Bertz CT molecular complexity index is 630. The van der Waals surface area contributed by atoms with Crippen molar-refractivity contribution in [2.75, 3.05) is 13.1 Å². The molecule has 2 heterocycles. The smallest absolute Gasteiger partial charge is 0.337 e. The normalized spacial score (nSPS) is 14.6. The maximum Gasteiger partial charge on any atom is 0.337 e. The number of aliphatic imine (C=N–C) groups is 1. The summed E-state index contributed by atoms with van der Waals surface area (Å²) in [5, 5.41) is 9.98. The average Bonchev–Trinajstić information content (AvgIpc) is 2.98. The number of fused-ring (bicyclic) bond motifs is 1. The Kier molecular flexibility index (Phi) is 2.51. The molecule has 0 fully saturated rings. The van der Waals surface area contributed by atoms with Crippen LogP contribution in [0.5, 0.6) is 0 Å². The van der Waals surface area contributed by atoms with Gasteiger partial charge in [0.1, 0.15) is 0 Å². The lowest BCUT2D eigenvalue weighted by Crippen LogP contribution is -2.22. The zero-order valence-electron chi connectivity index (χ0n) is 9.78. The van der Waals surface area contributed by atoms with E-state index in [1.807, 2.05) is 35.2 Å². The highest BCUT2D eigenvalue weighted by atomic mass is 16.4. The summed E-state index contributed by atoms with van der Waals surface area (Å²) in [6.07, 6.45) is 3.51. The van der Waals surface area contributed by atoms with Crippen LogP contribution >= 0.6 is 0 Å². The Hall–Kier alpha value is -2.30. The van der Waals surface area contributed by atoms with E-state index in [1.54, 1.807) is 6.20 Å².